The minimum atomic E-state index is -0.0981. The molecule has 4 rings (SSSR count). The summed E-state index contributed by atoms with van der Waals surface area (Å²) in [6.45, 7) is 9.99. The molecule has 0 spiro atoms. The maximum Gasteiger partial charge on any atom is 0.143 e. The third kappa shape index (κ3) is 4.07. The summed E-state index contributed by atoms with van der Waals surface area (Å²) in [6, 6.07) is 0. The second-order valence-corrected chi connectivity index (χ2v) is 12.3. The second-order valence-electron chi connectivity index (χ2n) is 12.3. The fraction of sp³-hybridized carbons (Fsp3) is 1.00. The highest BCUT2D eigenvalue weighted by molar-refractivity contribution is 5.09. The standard InChI is InChI=1S/C27H48O2/c1-19(2)7-5-6-8-20-10-12-24-23-11-9-21-17-22(29-18-28)13-15-27(21,4)25(23)14-16-26(20,24)3/h19-25,28H,5-18H2,1-4H3/t20-,21?,22?,23?,24?,25?,26?,27?/m0/s1. The van der Waals surface area contributed by atoms with Gasteiger partial charge in [0.2, 0.25) is 0 Å². The van der Waals surface area contributed by atoms with Gasteiger partial charge in [-0.15, -0.1) is 0 Å². The third-order valence-corrected chi connectivity index (χ3v) is 10.7. The Morgan fingerprint density at radius 1 is 0.897 bits per heavy atom. The first-order valence-corrected chi connectivity index (χ1v) is 13.1. The van der Waals surface area contributed by atoms with Crippen molar-refractivity contribution in [2.24, 2.45) is 46.3 Å². The molecule has 168 valence electrons. The van der Waals surface area contributed by atoms with Crippen LogP contribution in [0, 0.1) is 46.3 Å². The molecule has 0 aromatic carbocycles. The summed E-state index contributed by atoms with van der Waals surface area (Å²) in [7, 11) is 0. The summed E-state index contributed by atoms with van der Waals surface area (Å²) in [5.41, 5.74) is 1.17. The molecular formula is C27H48O2. The Hall–Kier alpha value is -0.0800. The fourth-order valence-electron chi connectivity index (χ4n) is 9.00. The molecule has 1 N–H and O–H groups in total. The number of unbranched alkanes of at least 4 members (excludes halogenated alkanes) is 1. The summed E-state index contributed by atoms with van der Waals surface area (Å²) in [6.07, 6.45) is 18.7. The van der Waals surface area contributed by atoms with Crippen LogP contribution in [0.15, 0.2) is 0 Å². The van der Waals surface area contributed by atoms with Gasteiger partial charge in [0.25, 0.3) is 0 Å². The molecule has 8 atom stereocenters. The molecule has 2 nitrogen and oxygen atoms in total. The van der Waals surface area contributed by atoms with E-state index in [0.29, 0.717) is 16.9 Å². The number of aliphatic hydroxyl groups is 1. The molecule has 4 fully saturated rings. The van der Waals surface area contributed by atoms with Gasteiger partial charge < -0.3 is 9.84 Å². The Balaban J connectivity index is 1.40. The van der Waals surface area contributed by atoms with Crippen LogP contribution in [0.4, 0.5) is 0 Å². The van der Waals surface area contributed by atoms with Gasteiger partial charge in [0, 0.05) is 0 Å². The van der Waals surface area contributed by atoms with Crippen LogP contribution in [0.5, 0.6) is 0 Å². The molecule has 0 bridgehead atoms. The zero-order chi connectivity index (χ0) is 20.6. The topological polar surface area (TPSA) is 29.5 Å². The summed E-state index contributed by atoms with van der Waals surface area (Å²) in [5, 5.41) is 9.20. The normalized spacial score (nSPS) is 47.0. The van der Waals surface area contributed by atoms with Gasteiger partial charge in [-0.2, -0.15) is 0 Å². The van der Waals surface area contributed by atoms with Crippen molar-refractivity contribution >= 4 is 0 Å². The molecule has 0 saturated heterocycles. The maximum atomic E-state index is 9.20. The van der Waals surface area contributed by atoms with E-state index in [-0.39, 0.29) is 6.79 Å². The lowest BCUT2D eigenvalue weighted by molar-refractivity contribution is -0.148. The third-order valence-electron chi connectivity index (χ3n) is 10.7. The molecule has 0 heterocycles. The van der Waals surface area contributed by atoms with E-state index >= 15 is 0 Å². The average molecular weight is 405 g/mol. The number of aliphatic hydroxyl groups excluding tert-OH is 1. The van der Waals surface area contributed by atoms with Crippen molar-refractivity contribution in [3.05, 3.63) is 0 Å². The number of fused-ring (bicyclic) bond motifs is 5. The van der Waals surface area contributed by atoms with E-state index in [9.17, 15) is 5.11 Å². The first-order chi connectivity index (χ1) is 13.9. The highest BCUT2D eigenvalue weighted by Gasteiger charge is 2.59. The average Bonchev–Trinajstić information content (AvgIpc) is 3.02. The smallest absolute Gasteiger partial charge is 0.143 e. The SMILES string of the molecule is CC(C)CCCC[C@H]1CCC2C3CCC4CC(OCO)CCC4(C)C3CCC21C. The quantitative estimate of drug-likeness (QED) is 0.359. The Bertz CT molecular complexity index is 545. The molecule has 4 aliphatic carbocycles. The minimum absolute atomic E-state index is 0.0981. The molecule has 29 heavy (non-hydrogen) atoms. The number of hydrogen-bond acceptors (Lipinski definition) is 2. The Kier molecular flexibility index (Phi) is 6.72. The van der Waals surface area contributed by atoms with Crippen LogP contribution in [0.2, 0.25) is 0 Å². The molecule has 4 saturated carbocycles. The van der Waals surface area contributed by atoms with E-state index in [0.717, 1.165) is 41.9 Å². The van der Waals surface area contributed by atoms with Gasteiger partial charge in [-0.05, 0) is 111 Å². The van der Waals surface area contributed by atoms with E-state index in [1.165, 1.54) is 77.0 Å². The number of ether oxygens (including phenoxy) is 1. The van der Waals surface area contributed by atoms with Gasteiger partial charge in [-0.1, -0.05) is 47.0 Å². The van der Waals surface area contributed by atoms with Gasteiger partial charge in [-0.25, -0.2) is 0 Å². The van der Waals surface area contributed by atoms with Crippen molar-refractivity contribution in [2.45, 2.75) is 117 Å². The van der Waals surface area contributed by atoms with Crippen molar-refractivity contribution in [2.75, 3.05) is 6.79 Å². The summed E-state index contributed by atoms with van der Waals surface area (Å²) >= 11 is 0. The predicted octanol–water partition coefficient (Wildman–Crippen LogP) is 7.20. The van der Waals surface area contributed by atoms with Crippen molar-refractivity contribution in [1.29, 1.82) is 0 Å². The number of hydrogen-bond donors (Lipinski definition) is 1. The van der Waals surface area contributed by atoms with Crippen molar-refractivity contribution in [3.8, 4) is 0 Å². The van der Waals surface area contributed by atoms with Crippen molar-refractivity contribution in [1.82, 2.24) is 0 Å². The van der Waals surface area contributed by atoms with Gasteiger partial charge in [0.15, 0.2) is 0 Å². The Labute approximate surface area is 180 Å². The summed E-state index contributed by atoms with van der Waals surface area (Å²) < 4.78 is 5.63. The zero-order valence-electron chi connectivity index (χ0n) is 19.8. The summed E-state index contributed by atoms with van der Waals surface area (Å²) in [5.74, 6) is 5.64. The maximum absolute atomic E-state index is 9.20. The van der Waals surface area contributed by atoms with Crippen LogP contribution in [-0.4, -0.2) is 18.0 Å². The lowest BCUT2D eigenvalue weighted by Crippen LogP contribution is -2.54. The highest BCUT2D eigenvalue weighted by atomic mass is 16.6. The van der Waals surface area contributed by atoms with Crippen molar-refractivity contribution in [3.63, 3.8) is 0 Å². The Morgan fingerprint density at radius 3 is 2.41 bits per heavy atom. The van der Waals surface area contributed by atoms with E-state index in [1.54, 1.807) is 0 Å². The van der Waals surface area contributed by atoms with E-state index < -0.39 is 0 Å². The highest BCUT2D eigenvalue weighted by Crippen LogP contribution is 2.68. The monoisotopic (exact) mass is 404 g/mol. The van der Waals surface area contributed by atoms with Gasteiger partial charge in [0.05, 0.1) is 6.10 Å². The van der Waals surface area contributed by atoms with Crippen LogP contribution in [0.25, 0.3) is 0 Å². The zero-order valence-corrected chi connectivity index (χ0v) is 19.8. The second kappa shape index (κ2) is 8.81. The molecule has 2 heteroatoms. The Morgan fingerprint density at radius 2 is 1.66 bits per heavy atom. The molecular weight excluding hydrogens is 356 g/mol. The summed E-state index contributed by atoms with van der Waals surface area (Å²) in [4.78, 5) is 0. The van der Waals surface area contributed by atoms with E-state index in [2.05, 4.69) is 27.7 Å². The molecule has 7 unspecified atom stereocenters. The molecule has 0 radical (unpaired) electrons. The largest absolute Gasteiger partial charge is 0.371 e. The molecule has 4 aliphatic rings. The van der Waals surface area contributed by atoms with Crippen molar-refractivity contribution < 1.29 is 9.84 Å². The number of rotatable bonds is 7. The minimum Gasteiger partial charge on any atom is -0.371 e. The molecule has 0 amide bonds. The van der Waals surface area contributed by atoms with Crippen LogP contribution in [0.1, 0.15) is 111 Å². The van der Waals surface area contributed by atoms with Crippen LogP contribution in [-0.2, 0) is 4.74 Å². The first kappa shape index (κ1) is 22.1. The molecule has 0 aliphatic heterocycles. The molecule has 0 aromatic rings. The van der Waals surface area contributed by atoms with Gasteiger partial charge in [0.1, 0.15) is 6.79 Å². The van der Waals surface area contributed by atoms with E-state index in [1.807, 2.05) is 0 Å². The lowest BCUT2D eigenvalue weighted by Gasteiger charge is -2.61. The van der Waals surface area contributed by atoms with Crippen LogP contribution in [0.3, 0.4) is 0 Å². The predicted molar refractivity (Wildman–Crippen MR) is 120 cm³/mol. The fourth-order valence-corrected chi connectivity index (χ4v) is 9.00. The first-order valence-electron chi connectivity index (χ1n) is 13.1. The molecule has 0 aromatic heterocycles. The van der Waals surface area contributed by atoms with Crippen LogP contribution >= 0.6 is 0 Å². The van der Waals surface area contributed by atoms with E-state index in [4.69, 9.17) is 4.74 Å². The van der Waals surface area contributed by atoms with Gasteiger partial charge in [-0.3, -0.25) is 0 Å². The lowest BCUT2D eigenvalue weighted by atomic mass is 9.44. The van der Waals surface area contributed by atoms with Gasteiger partial charge >= 0.3 is 0 Å². The van der Waals surface area contributed by atoms with Crippen LogP contribution < -0.4 is 0 Å².